The first kappa shape index (κ1) is 12.0. The predicted octanol–water partition coefficient (Wildman–Crippen LogP) is 2.25. The van der Waals surface area contributed by atoms with Crippen LogP contribution >= 0.6 is 0 Å². The van der Waals surface area contributed by atoms with Gasteiger partial charge in [0, 0.05) is 18.1 Å². The third-order valence-electron chi connectivity index (χ3n) is 3.16. The second-order valence-corrected chi connectivity index (χ2v) is 5.40. The van der Waals surface area contributed by atoms with E-state index >= 15 is 0 Å². The fourth-order valence-electron chi connectivity index (χ4n) is 2.06. The summed E-state index contributed by atoms with van der Waals surface area (Å²) in [6, 6.07) is 0.596. The van der Waals surface area contributed by atoms with E-state index in [4.69, 9.17) is 0 Å². The fraction of sp³-hybridized carbons (Fsp3) is 1.00. The van der Waals surface area contributed by atoms with Gasteiger partial charge in [-0.1, -0.05) is 20.3 Å². The molecule has 0 aromatic heterocycles. The Bertz CT molecular complexity index is 158. The van der Waals surface area contributed by atoms with Crippen molar-refractivity contribution >= 4 is 0 Å². The van der Waals surface area contributed by atoms with E-state index in [9.17, 15) is 0 Å². The molecule has 0 saturated carbocycles. The quantitative estimate of drug-likeness (QED) is 0.745. The molecular formula is C12H26N2. The first-order chi connectivity index (χ1) is 6.52. The van der Waals surface area contributed by atoms with Crippen molar-refractivity contribution in [3.63, 3.8) is 0 Å². The molecule has 1 rings (SSSR count). The molecular weight excluding hydrogens is 172 g/mol. The highest BCUT2D eigenvalue weighted by molar-refractivity contribution is 4.85. The van der Waals surface area contributed by atoms with Gasteiger partial charge >= 0.3 is 0 Å². The normalized spacial score (nSPS) is 20.4. The minimum Gasteiger partial charge on any atom is -0.313 e. The second kappa shape index (κ2) is 5.13. The monoisotopic (exact) mass is 198 g/mol. The fourth-order valence-corrected chi connectivity index (χ4v) is 2.06. The Morgan fingerprint density at radius 2 is 1.71 bits per heavy atom. The Labute approximate surface area is 89.1 Å². The van der Waals surface area contributed by atoms with Crippen molar-refractivity contribution < 1.29 is 0 Å². The van der Waals surface area contributed by atoms with E-state index < -0.39 is 0 Å². The lowest BCUT2D eigenvalue weighted by atomic mass is 9.98. The average molecular weight is 198 g/mol. The van der Waals surface area contributed by atoms with Gasteiger partial charge in [-0.2, -0.15) is 0 Å². The van der Waals surface area contributed by atoms with E-state index in [2.05, 4.69) is 37.9 Å². The Morgan fingerprint density at radius 3 is 2.21 bits per heavy atom. The topological polar surface area (TPSA) is 15.3 Å². The maximum atomic E-state index is 3.54. The summed E-state index contributed by atoms with van der Waals surface area (Å²) in [6.45, 7) is 12.8. The molecule has 0 radical (unpaired) electrons. The number of likely N-dealkylation sites (tertiary alicyclic amines) is 1. The Balaban J connectivity index is 2.37. The largest absolute Gasteiger partial charge is 0.313 e. The number of nitrogens with one attached hydrogen (secondary N) is 1. The van der Waals surface area contributed by atoms with Crippen LogP contribution in [0.3, 0.4) is 0 Å². The summed E-state index contributed by atoms with van der Waals surface area (Å²) >= 11 is 0. The number of hydrogen-bond acceptors (Lipinski definition) is 2. The predicted molar refractivity (Wildman–Crippen MR) is 62.6 cm³/mol. The van der Waals surface area contributed by atoms with Crippen LogP contribution in [0.4, 0.5) is 0 Å². The van der Waals surface area contributed by atoms with Gasteiger partial charge in [0.1, 0.15) is 0 Å². The molecule has 2 nitrogen and oxygen atoms in total. The van der Waals surface area contributed by atoms with Gasteiger partial charge in [0.05, 0.1) is 0 Å². The summed E-state index contributed by atoms with van der Waals surface area (Å²) < 4.78 is 0. The van der Waals surface area contributed by atoms with Crippen LogP contribution in [-0.2, 0) is 0 Å². The van der Waals surface area contributed by atoms with Gasteiger partial charge in [-0.05, 0) is 39.8 Å². The van der Waals surface area contributed by atoms with Crippen LogP contribution < -0.4 is 5.32 Å². The van der Waals surface area contributed by atoms with Crippen LogP contribution in [-0.4, -0.2) is 36.1 Å². The molecule has 0 aromatic carbocycles. The maximum Gasteiger partial charge on any atom is 0.0277 e. The lowest BCUT2D eigenvalue weighted by Crippen LogP contribution is -2.53. The van der Waals surface area contributed by atoms with Crippen molar-refractivity contribution in [3.8, 4) is 0 Å². The van der Waals surface area contributed by atoms with E-state index in [1.54, 1.807) is 0 Å². The SMILES string of the molecule is CC(C)NCC(C)(C)N1CCCCC1. The second-order valence-electron chi connectivity index (χ2n) is 5.40. The molecule has 0 bridgehead atoms. The smallest absolute Gasteiger partial charge is 0.0277 e. The standard InChI is InChI=1S/C12H26N2/c1-11(2)13-10-12(3,4)14-8-6-5-7-9-14/h11,13H,5-10H2,1-4H3. The lowest BCUT2D eigenvalue weighted by molar-refractivity contribution is 0.0928. The molecule has 84 valence electrons. The zero-order chi connectivity index (χ0) is 10.6. The molecule has 0 spiro atoms. The molecule has 0 aliphatic carbocycles. The molecule has 1 heterocycles. The molecule has 1 fully saturated rings. The van der Waals surface area contributed by atoms with E-state index in [-0.39, 0.29) is 0 Å². The summed E-state index contributed by atoms with van der Waals surface area (Å²) in [6.07, 6.45) is 4.18. The number of nitrogens with zero attached hydrogens (tertiary/aromatic N) is 1. The summed E-state index contributed by atoms with van der Waals surface area (Å²) in [7, 11) is 0. The molecule has 0 amide bonds. The first-order valence-electron chi connectivity index (χ1n) is 6.01. The summed E-state index contributed by atoms with van der Waals surface area (Å²) in [5.74, 6) is 0. The van der Waals surface area contributed by atoms with Crippen molar-refractivity contribution in [2.45, 2.75) is 58.5 Å². The molecule has 0 unspecified atom stereocenters. The molecule has 1 saturated heterocycles. The average Bonchev–Trinajstić information content (AvgIpc) is 2.16. The molecule has 0 atom stereocenters. The highest BCUT2D eigenvalue weighted by Crippen LogP contribution is 2.19. The van der Waals surface area contributed by atoms with Crippen LogP contribution in [0.1, 0.15) is 47.0 Å². The molecule has 1 aliphatic heterocycles. The van der Waals surface area contributed by atoms with Crippen molar-refractivity contribution in [1.29, 1.82) is 0 Å². The summed E-state index contributed by atoms with van der Waals surface area (Å²) in [5, 5.41) is 3.54. The van der Waals surface area contributed by atoms with E-state index in [1.165, 1.54) is 32.4 Å². The summed E-state index contributed by atoms with van der Waals surface area (Å²) in [5.41, 5.74) is 0.324. The zero-order valence-corrected chi connectivity index (χ0v) is 10.3. The Hall–Kier alpha value is -0.0800. The van der Waals surface area contributed by atoms with Crippen LogP contribution in [0.2, 0.25) is 0 Å². The Kier molecular flexibility index (Phi) is 4.39. The van der Waals surface area contributed by atoms with Gasteiger partial charge in [0.2, 0.25) is 0 Å². The van der Waals surface area contributed by atoms with E-state index in [1.807, 2.05) is 0 Å². The number of hydrogen-bond donors (Lipinski definition) is 1. The van der Waals surface area contributed by atoms with Crippen LogP contribution in [0.25, 0.3) is 0 Å². The number of rotatable bonds is 4. The molecule has 14 heavy (non-hydrogen) atoms. The minimum absolute atomic E-state index is 0.324. The van der Waals surface area contributed by atoms with Gasteiger partial charge in [-0.15, -0.1) is 0 Å². The third kappa shape index (κ3) is 3.58. The Morgan fingerprint density at radius 1 is 1.14 bits per heavy atom. The van der Waals surface area contributed by atoms with E-state index in [0.29, 0.717) is 11.6 Å². The molecule has 2 heteroatoms. The van der Waals surface area contributed by atoms with Crippen molar-refractivity contribution in [3.05, 3.63) is 0 Å². The molecule has 0 aromatic rings. The van der Waals surface area contributed by atoms with Crippen molar-refractivity contribution in [2.24, 2.45) is 0 Å². The maximum absolute atomic E-state index is 3.54. The minimum atomic E-state index is 0.324. The lowest BCUT2D eigenvalue weighted by Gasteiger charge is -2.41. The molecule has 1 N–H and O–H groups in total. The zero-order valence-electron chi connectivity index (χ0n) is 10.3. The van der Waals surface area contributed by atoms with Crippen molar-refractivity contribution in [1.82, 2.24) is 10.2 Å². The van der Waals surface area contributed by atoms with Gasteiger partial charge in [-0.25, -0.2) is 0 Å². The van der Waals surface area contributed by atoms with Gasteiger partial charge in [0.25, 0.3) is 0 Å². The first-order valence-corrected chi connectivity index (χ1v) is 6.01. The van der Waals surface area contributed by atoms with Crippen LogP contribution in [0.5, 0.6) is 0 Å². The van der Waals surface area contributed by atoms with E-state index in [0.717, 1.165) is 6.54 Å². The highest BCUT2D eigenvalue weighted by Gasteiger charge is 2.27. The third-order valence-corrected chi connectivity index (χ3v) is 3.16. The highest BCUT2D eigenvalue weighted by atomic mass is 15.2. The van der Waals surface area contributed by atoms with Crippen LogP contribution in [0, 0.1) is 0 Å². The summed E-state index contributed by atoms with van der Waals surface area (Å²) in [4.78, 5) is 2.63. The van der Waals surface area contributed by atoms with Gasteiger partial charge < -0.3 is 5.32 Å². The van der Waals surface area contributed by atoms with Crippen LogP contribution in [0.15, 0.2) is 0 Å². The molecule has 1 aliphatic rings. The van der Waals surface area contributed by atoms with Gasteiger partial charge in [-0.3, -0.25) is 4.90 Å². The number of piperidine rings is 1. The van der Waals surface area contributed by atoms with Gasteiger partial charge in [0.15, 0.2) is 0 Å². The van der Waals surface area contributed by atoms with Crippen molar-refractivity contribution in [2.75, 3.05) is 19.6 Å².